The fraction of sp³-hybridized carbons (Fsp3) is 0.226. The topological polar surface area (TPSA) is 0 Å². The lowest BCUT2D eigenvalue weighted by Crippen LogP contribution is -2.15. The molecule has 356 valence electrons. The molecule has 0 amide bonds. The van der Waals surface area contributed by atoms with Gasteiger partial charge in [0, 0.05) is 0 Å². The van der Waals surface area contributed by atoms with Crippen molar-refractivity contribution in [2.75, 3.05) is 12.3 Å². The highest BCUT2D eigenvalue weighted by molar-refractivity contribution is 9.02. The maximum Gasteiger partial charge on any atom is -0.00564 e. The molecule has 0 aromatic heterocycles. The Kier molecular flexibility index (Phi) is 21.3. The first-order valence-corrected chi connectivity index (χ1v) is 41.5. The maximum atomic E-state index is 2.58. The lowest BCUT2D eigenvalue weighted by Gasteiger charge is -2.47. The minimum absolute atomic E-state index is 0.507. The van der Waals surface area contributed by atoms with Gasteiger partial charge in [0.2, 0.25) is 0 Å². The van der Waals surface area contributed by atoms with Crippen molar-refractivity contribution in [1.29, 1.82) is 0 Å². The molecule has 1 aliphatic heterocycles. The largest absolute Gasteiger partial charge is 0.0862 e. The van der Waals surface area contributed by atoms with Gasteiger partial charge in [0.25, 0.3) is 0 Å². The first kappa shape index (κ1) is 52.1. The van der Waals surface area contributed by atoms with Gasteiger partial charge in [-0.25, -0.2) is 0 Å². The summed E-state index contributed by atoms with van der Waals surface area (Å²) in [6.07, 6.45) is 19.1. The van der Waals surface area contributed by atoms with Crippen LogP contribution in [0.5, 0.6) is 0 Å². The Hall–Kier alpha value is -2.80. The lowest BCUT2D eigenvalue weighted by molar-refractivity contribution is 0.549. The van der Waals surface area contributed by atoms with Crippen LogP contribution in [0.3, 0.4) is 0 Å². The van der Waals surface area contributed by atoms with E-state index in [1.807, 2.05) is 0 Å². The predicted molar refractivity (Wildman–Crippen MR) is 330 cm³/mol. The standard InChI is InChI=1S/C62H68P8/c1-2-4-6-8-10-33-53-64(56-50-48-55(49-51-56)54-34-18-11-19-35-54)66(58-38-22-13-23-39-58)68(60-42-26-15-27-43-60)70(62-46-30-17-31-47-62)69(61-44-28-16-29-45-61)67(59-40-24-14-25-41-59)65(57-36-20-12-21-37-57)63-52-32-9-7-5-3-1/h11-31,34-51,63H,1-10,32-33,52-53H2. The molecule has 0 bridgehead atoms. The Morgan fingerprint density at radius 1 is 0.229 bits per heavy atom. The molecule has 1 heterocycles. The molecule has 1 saturated heterocycles. The monoisotopic (exact) mass is 1060 g/mol. The molecule has 0 nitrogen and oxygen atoms in total. The third kappa shape index (κ3) is 14.3. The minimum atomic E-state index is -0.768. The smallest absolute Gasteiger partial charge is 0.00564 e. The highest BCUT2D eigenvalue weighted by atomic mass is 32.9. The highest BCUT2D eigenvalue weighted by Gasteiger charge is 2.46. The van der Waals surface area contributed by atoms with E-state index >= 15 is 0 Å². The molecule has 0 N–H and O–H groups in total. The van der Waals surface area contributed by atoms with Crippen LogP contribution >= 0.6 is 59.7 Å². The highest BCUT2D eigenvalue weighted by Crippen LogP contribution is 3.09. The molecule has 8 aromatic carbocycles. The molecule has 70 heavy (non-hydrogen) atoms. The molecule has 0 radical (unpaired) electrons. The van der Waals surface area contributed by atoms with E-state index in [2.05, 4.69) is 237 Å². The lowest BCUT2D eigenvalue weighted by atomic mass is 10.1. The van der Waals surface area contributed by atoms with Crippen molar-refractivity contribution < 1.29 is 0 Å². The molecule has 1 aliphatic rings. The van der Waals surface area contributed by atoms with Gasteiger partial charge in [0.15, 0.2) is 0 Å². The molecule has 8 aromatic rings. The van der Waals surface area contributed by atoms with Crippen molar-refractivity contribution in [3.05, 3.63) is 237 Å². The number of rotatable bonds is 8. The Morgan fingerprint density at radius 2 is 0.529 bits per heavy atom. The average molecular weight is 1060 g/mol. The predicted octanol–water partition coefficient (Wildman–Crippen LogP) is 19.1. The number of hydrogen-bond acceptors (Lipinski definition) is 0. The van der Waals surface area contributed by atoms with E-state index in [-0.39, 0.29) is 0 Å². The van der Waals surface area contributed by atoms with E-state index in [1.165, 1.54) is 101 Å². The van der Waals surface area contributed by atoms with Crippen LogP contribution in [0, 0.1) is 0 Å². The summed E-state index contributed by atoms with van der Waals surface area (Å²) in [6.45, 7) is 0. The van der Waals surface area contributed by atoms with Gasteiger partial charge in [-0.05, 0) is 125 Å². The third-order valence-electron chi connectivity index (χ3n) is 12.9. The SMILES string of the molecule is c1ccc(-c2ccc(P3CCCCCCCCCCCCCCPP(c4ccccc4)P(c4ccccc4)P(c4ccccc4)P(c4ccccc4)P(c4ccccc4)P3c3ccccc3)cc2)cc1. The van der Waals surface area contributed by atoms with E-state index in [0.29, 0.717) is 0 Å². The van der Waals surface area contributed by atoms with Gasteiger partial charge in [-0.1, -0.05) is 309 Å². The van der Waals surface area contributed by atoms with Crippen molar-refractivity contribution in [3.8, 4) is 11.1 Å². The Morgan fingerprint density at radius 3 is 0.957 bits per heavy atom. The first-order valence-electron chi connectivity index (χ1n) is 25.6. The molecule has 8 atom stereocenters. The van der Waals surface area contributed by atoms with Gasteiger partial charge in [-0.3, -0.25) is 0 Å². The van der Waals surface area contributed by atoms with E-state index in [1.54, 1.807) is 37.1 Å². The summed E-state index contributed by atoms with van der Waals surface area (Å²) in [6, 6.07) is 93.8. The summed E-state index contributed by atoms with van der Waals surface area (Å²) in [5, 5.41) is 11.2. The van der Waals surface area contributed by atoms with Gasteiger partial charge in [0.1, 0.15) is 0 Å². The Labute approximate surface area is 431 Å². The quantitative estimate of drug-likeness (QED) is 0.133. The van der Waals surface area contributed by atoms with Crippen LogP contribution < -0.4 is 37.1 Å². The molecule has 1 fully saturated rings. The molecule has 8 heteroatoms. The van der Waals surface area contributed by atoms with Crippen LogP contribution in [0.2, 0.25) is 0 Å². The van der Waals surface area contributed by atoms with Crippen LogP contribution in [0.1, 0.15) is 77.0 Å². The third-order valence-corrected chi connectivity index (χ3v) is 66.4. The first-order chi connectivity index (χ1) is 34.8. The molecule has 8 unspecified atom stereocenters. The molecule has 0 saturated carbocycles. The van der Waals surface area contributed by atoms with Gasteiger partial charge in [0.05, 0.1) is 0 Å². The van der Waals surface area contributed by atoms with Crippen molar-refractivity contribution in [2.45, 2.75) is 77.0 Å². The number of hydrogen-bond donors (Lipinski definition) is 0. The molecule has 9 rings (SSSR count). The van der Waals surface area contributed by atoms with Crippen molar-refractivity contribution in [2.24, 2.45) is 0 Å². The van der Waals surface area contributed by atoms with Crippen LogP contribution in [-0.4, -0.2) is 12.3 Å². The molecule has 0 spiro atoms. The fourth-order valence-corrected chi connectivity index (χ4v) is 86.8. The van der Waals surface area contributed by atoms with Gasteiger partial charge < -0.3 is 0 Å². The Balaban J connectivity index is 1.31. The van der Waals surface area contributed by atoms with E-state index < -0.39 is 51.4 Å². The zero-order valence-electron chi connectivity index (χ0n) is 40.5. The number of benzene rings is 8. The van der Waals surface area contributed by atoms with Crippen LogP contribution in [0.4, 0.5) is 0 Å². The maximum absolute atomic E-state index is 2.58. The molecular weight excluding hydrogens is 992 g/mol. The molecular formula is C62H68P8. The second-order valence-corrected chi connectivity index (χ2v) is 50.0. The van der Waals surface area contributed by atoms with Crippen molar-refractivity contribution >= 4 is 96.8 Å². The van der Waals surface area contributed by atoms with Crippen LogP contribution in [-0.2, 0) is 0 Å². The summed E-state index contributed by atoms with van der Waals surface area (Å²) in [5.41, 5.74) is 2.61. The average Bonchev–Trinajstić information content (AvgIpc) is 3.43. The van der Waals surface area contributed by atoms with Crippen molar-refractivity contribution in [1.82, 2.24) is 0 Å². The second-order valence-electron chi connectivity index (χ2n) is 18.0. The summed E-state index contributed by atoms with van der Waals surface area (Å²) >= 11 is 0. The second kappa shape index (κ2) is 28.6. The Bertz CT molecular complexity index is 2660. The van der Waals surface area contributed by atoms with Crippen molar-refractivity contribution in [3.63, 3.8) is 0 Å². The molecule has 0 aliphatic carbocycles. The van der Waals surface area contributed by atoms with Gasteiger partial charge in [-0.15, -0.1) is 0 Å². The van der Waals surface area contributed by atoms with Gasteiger partial charge in [-0.2, -0.15) is 0 Å². The normalized spacial score (nSPS) is 23.1. The van der Waals surface area contributed by atoms with Gasteiger partial charge >= 0.3 is 0 Å². The van der Waals surface area contributed by atoms with E-state index in [0.717, 1.165) is 8.27 Å². The zero-order chi connectivity index (χ0) is 47.4. The van der Waals surface area contributed by atoms with Crippen LogP contribution in [0.15, 0.2) is 237 Å². The van der Waals surface area contributed by atoms with E-state index in [4.69, 9.17) is 0 Å². The van der Waals surface area contributed by atoms with Crippen LogP contribution in [0.25, 0.3) is 11.1 Å². The summed E-state index contributed by atoms with van der Waals surface area (Å²) in [7, 11) is -3.77. The summed E-state index contributed by atoms with van der Waals surface area (Å²) in [5.74, 6) is 0. The summed E-state index contributed by atoms with van der Waals surface area (Å²) in [4.78, 5) is 0. The minimum Gasteiger partial charge on any atom is -0.0862 e. The van der Waals surface area contributed by atoms with E-state index in [9.17, 15) is 0 Å². The summed E-state index contributed by atoms with van der Waals surface area (Å²) < 4.78 is 0. The zero-order valence-corrected chi connectivity index (χ0v) is 47.8. The fourth-order valence-electron chi connectivity index (χ4n) is 9.33.